The van der Waals surface area contributed by atoms with Crippen molar-refractivity contribution in [2.75, 3.05) is 5.73 Å². The minimum absolute atomic E-state index is 0.523. The Bertz CT molecular complexity index is 3210. The van der Waals surface area contributed by atoms with Crippen molar-refractivity contribution in [1.82, 2.24) is 39.0 Å². The molecule has 278 valence electrons. The number of anilines is 1. The molecular weight excluding hydrogens is 727 g/mol. The number of nitrogens with zero attached hydrogens (tertiary/aromatic N) is 8. The van der Waals surface area contributed by atoms with Crippen molar-refractivity contribution in [2.24, 2.45) is 0 Å². The summed E-state index contributed by atoms with van der Waals surface area (Å²) in [6.07, 6.45) is 0. The minimum atomic E-state index is 0.523. The maximum atomic E-state index is 6.92. The van der Waals surface area contributed by atoms with Gasteiger partial charge in [0.2, 0.25) is 5.95 Å². The van der Waals surface area contributed by atoms with E-state index in [1.54, 1.807) is 0 Å². The monoisotopic (exact) mass is 759 g/mol. The largest absolute Gasteiger partial charge is 0.385 e. The van der Waals surface area contributed by atoms with Gasteiger partial charge in [-0.25, -0.2) is 19.9 Å². The number of benzene rings is 7. The maximum absolute atomic E-state index is 6.92. The van der Waals surface area contributed by atoms with Gasteiger partial charge in [-0.2, -0.15) is 9.97 Å². The van der Waals surface area contributed by atoms with Gasteiger partial charge in [0.15, 0.2) is 29.1 Å². The lowest BCUT2D eigenvalue weighted by molar-refractivity contribution is 0.953. The van der Waals surface area contributed by atoms with Gasteiger partial charge in [0.1, 0.15) is 5.82 Å². The second-order valence-electron chi connectivity index (χ2n) is 14.3. The van der Waals surface area contributed by atoms with E-state index in [0.717, 1.165) is 66.2 Å². The van der Waals surface area contributed by atoms with Gasteiger partial charge in [-0.1, -0.05) is 152 Å². The molecule has 59 heavy (non-hydrogen) atoms. The summed E-state index contributed by atoms with van der Waals surface area (Å²) in [6, 6.07) is 63.0. The Morgan fingerprint density at radius 1 is 0.322 bits per heavy atom. The van der Waals surface area contributed by atoms with Gasteiger partial charge >= 0.3 is 0 Å². The van der Waals surface area contributed by atoms with E-state index in [9.17, 15) is 0 Å². The van der Waals surface area contributed by atoms with Crippen LogP contribution in [0.25, 0.3) is 101 Å². The molecule has 4 aromatic heterocycles. The van der Waals surface area contributed by atoms with E-state index in [4.69, 9.17) is 35.6 Å². The Labute approximate surface area is 338 Å². The van der Waals surface area contributed by atoms with Crippen LogP contribution in [-0.4, -0.2) is 39.0 Å². The summed E-state index contributed by atoms with van der Waals surface area (Å²) >= 11 is 0. The zero-order chi connectivity index (χ0) is 39.3. The summed E-state index contributed by atoms with van der Waals surface area (Å²) in [4.78, 5) is 30.1. The van der Waals surface area contributed by atoms with Crippen molar-refractivity contribution < 1.29 is 0 Å². The Kier molecular flexibility index (Phi) is 8.08. The predicted octanol–water partition coefficient (Wildman–Crippen LogP) is 11.0. The topological polar surface area (TPSA) is 113 Å². The van der Waals surface area contributed by atoms with Crippen LogP contribution in [0, 0.1) is 0 Å². The van der Waals surface area contributed by atoms with Gasteiger partial charge in [-0.05, 0) is 36.4 Å². The fraction of sp³-hybridized carbons (Fsp3) is 0. The summed E-state index contributed by atoms with van der Waals surface area (Å²) in [5.74, 6) is 4.08. The Morgan fingerprint density at radius 2 is 0.780 bits per heavy atom. The Balaban J connectivity index is 1.11. The maximum Gasteiger partial charge on any atom is 0.238 e. The first kappa shape index (κ1) is 34.0. The van der Waals surface area contributed by atoms with Crippen LogP contribution in [0.2, 0.25) is 0 Å². The van der Waals surface area contributed by atoms with Crippen LogP contribution in [0.4, 0.5) is 5.82 Å². The normalized spacial score (nSPS) is 11.5. The second-order valence-corrected chi connectivity index (χ2v) is 14.3. The van der Waals surface area contributed by atoms with E-state index < -0.39 is 0 Å². The number of nitrogen functional groups attached to an aromatic ring is 1. The van der Waals surface area contributed by atoms with Crippen molar-refractivity contribution in [3.63, 3.8) is 0 Å². The quantitative estimate of drug-likeness (QED) is 0.172. The molecule has 7 aromatic carbocycles. The number of fused-ring (bicyclic) bond motifs is 4. The number of para-hydroxylation sites is 1. The van der Waals surface area contributed by atoms with E-state index >= 15 is 0 Å². The number of aromatic nitrogens is 8. The third-order valence-electron chi connectivity index (χ3n) is 10.6. The van der Waals surface area contributed by atoms with Gasteiger partial charge in [0.05, 0.1) is 16.6 Å². The lowest BCUT2D eigenvalue weighted by Crippen LogP contribution is -2.06. The molecular formula is C50H33N9. The molecule has 0 aliphatic heterocycles. The molecule has 2 N–H and O–H groups in total. The first-order valence-electron chi connectivity index (χ1n) is 19.3. The summed E-state index contributed by atoms with van der Waals surface area (Å²) < 4.78 is 4.21. The third kappa shape index (κ3) is 6.05. The molecule has 0 aliphatic carbocycles. The molecule has 0 saturated heterocycles. The number of hydrogen-bond donors (Lipinski definition) is 1. The van der Waals surface area contributed by atoms with Crippen LogP contribution >= 0.6 is 0 Å². The van der Waals surface area contributed by atoms with Crippen molar-refractivity contribution in [3.05, 3.63) is 188 Å². The standard InChI is InChI=1S/C50H33N9/c51-44-30-37-29-40-39-26-13-14-27-41(39)59(50-56-47(34-20-9-3-10-21-34)55-48(57-50)35-22-11-4-12-23-35)43(40)31-42(37)58(44)38-25-15-24-36(28-38)49-53-45(32-16-5-1-6-17-32)52-46(54-49)33-18-7-2-8-19-33/h1-31H,51H2. The molecule has 0 amide bonds. The molecule has 0 unspecified atom stereocenters. The second kappa shape index (κ2) is 14.0. The van der Waals surface area contributed by atoms with E-state index in [0.29, 0.717) is 40.9 Å². The molecule has 0 atom stereocenters. The van der Waals surface area contributed by atoms with Gasteiger partial charge in [-0.3, -0.25) is 9.13 Å². The lowest BCUT2D eigenvalue weighted by Gasteiger charge is -2.13. The number of rotatable bonds is 7. The Hall–Kier alpha value is -8.30. The summed E-state index contributed by atoms with van der Waals surface area (Å²) in [7, 11) is 0. The first-order valence-corrected chi connectivity index (χ1v) is 19.3. The average Bonchev–Trinajstić information content (AvgIpc) is 3.81. The molecule has 0 spiro atoms. The fourth-order valence-electron chi connectivity index (χ4n) is 7.82. The first-order chi connectivity index (χ1) is 29.1. The molecule has 9 nitrogen and oxygen atoms in total. The van der Waals surface area contributed by atoms with Gasteiger partial charge in [0, 0.05) is 49.7 Å². The number of hydrogen-bond acceptors (Lipinski definition) is 7. The lowest BCUT2D eigenvalue weighted by atomic mass is 10.1. The molecule has 4 heterocycles. The van der Waals surface area contributed by atoms with Crippen LogP contribution in [0.5, 0.6) is 0 Å². The fourth-order valence-corrected chi connectivity index (χ4v) is 7.82. The molecule has 0 bridgehead atoms. The van der Waals surface area contributed by atoms with Crippen molar-refractivity contribution in [3.8, 4) is 68.6 Å². The van der Waals surface area contributed by atoms with Gasteiger partial charge in [0.25, 0.3) is 0 Å². The number of nitrogens with two attached hydrogens (primary N) is 1. The van der Waals surface area contributed by atoms with E-state index in [-0.39, 0.29) is 0 Å². The summed E-state index contributed by atoms with van der Waals surface area (Å²) in [5.41, 5.74) is 15.1. The van der Waals surface area contributed by atoms with E-state index in [1.165, 1.54) is 0 Å². The van der Waals surface area contributed by atoms with Gasteiger partial charge < -0.3 is 5.73 Å². The predicted molar refractivity (Wildman–Crippen MR) is 236 cm³/mol. The van der Waals surface area contributed by atoms with Crippen LogP contribution < -0.4 is 5.73 Å². The van der Waals surface area contributed by atoms with Crippen LogP contribution in [0.15, 0.2) is 188 Å². The van der Waals surface area contributed by atoms with Crippen molar-refractivity contribution >= 4 is 38.5 Å². The summed E-state index contributed by atoms with van der Waals surface area (Å²) in [6.45, 7) is 0. The SMILES string of the molecule is Nc1cc2cc3c4ccccc4n(-c4nc(-c5ccccc5)nc(-c5ccccc5)n4)c3cc2n1-c1cccc(-c2nc(-c3ccccc3)nc(-c3ccccc3)n2)c1. The summed E-state index contributed by atoms with van der Waals surface area (Å²) in [5, 5.41) is 3.15. The van der Waals surface area contributed by atoms with Crippen LogP contribution in [0.1, 0.15) is 0 Å². The minimum Gasteiger partial charge on any atom is -0.385 e. The molecule has 0 aliphatic rings. The zero-order valence-corrected chi connectivity index (χ0v) is 31.6. The smallest absolute Gasteiger partial charge is 0.238 e. The molecule has 0 fully saturated rings. The molecule has 0 radical (unpaired) electrons. The van der Waals surface area contributed by atoms with E-state index in [1.807, 2.05) is 146 Å². The van der Waals surface area contributed by atoms with Gasteiger partial charge in [-0.15, -0.1) is 0 Å². The Morgan fingerprint density at radius 3 is 1.32 bits per heavy atom. The average molecular weight is 760 g/mol. The van der Waals surface area contributed by atoms with Crippen LogP contribution in [0.3, 0.4) is 0 Å². The molecule has 0 saturated carbocycles. The van der Waals surface area contributed by atoms with E-state index in [2.05, 4.69) is 51.6 Å². The molecule has 11 aromatic rings. The molecule has 9 heteroatoms. The highest BCUT2D eigenvalue weighted by molar-refractivity contribution is 6.13. The highest BCUT2D eigenvalue weighted by Crippen LogP contribution is 2.38. The van der Waals surface area contributed by atoms with Crippen molar-refractivity contribution in [1.29, 1.82) is 0 Å². The highest BCUT2D eigenvalue weighted by Gasteiger charge is 2.21. The van der Waals surface area contributed by atoms with Crippen LogP contribution in [-0.2, 0) is 0 Å². The highest BCUT2D eigenvalue weighted by atomic mass is 15.2. The molecule has 11 rings (SSSR count). The third-order valence-corrected chi connectivity index (χ3v) is 10.6. The van der Waals surface area contributed by atoms with Crippen molar-refractivity contribution in [2.45, 2.75) is 0 Å². The zero-order valence-electron chi connectivity index (χ0n) is 31.6.